The molecule has 1 fully saturated rings. The van der Waals surface area contributed by atoms with Crippen molar-refractivity contribution in [3.05, 3.63) is 76.9 Å². The minimum absolute atomic E-state index is 0.124. The maximum atomic E-state index is 13.0. The average Bonchev–Trinajstić information content (AvgIpc) is 3.51. The summed E-state index contributed by atoms with van der Waals surface area (Å²) in [4.78, 5) is 60.5. The highest BCUT2D eigenvalue weighted by Gasteiger charge is 2.40. The van der Waals surface area contributed by atoms with Gasteiger partial charge in [0.05, 0.1) is 33.6 Å². The molecular weight excluding hydrogens is 528 g/mol. The standard InChI is InChI=1S/C29H26N6O4S/c1-29(2,27-33-24-17(9-6-10-21(24)40-27)16-7-4-3-5-8-16)34-28(39)31-22-13-11-18-19(30-22)15-35(26(18)38)20-12-14-23(36)32-25(20)37/h3-11,13,20H,12,14-15H2,1-2H3,(H,32,36,37)(H2,30,31,34,39). The SMILES string of the molecule is CC(C)(NC(=O)Nc1ccc2c(n1)CN(C1CCC(=O)NC1=O)C2=O)c1nc2c(-c3ccccc3)cccc2s1. The van der Waals surface area contributed by atoms with Crippen molar-refractivity contribution in [2.75, 3.05) is 5.32 Å². The first kappa shape index (κ1) is 25.6. The second-order valence-corrected chi connectivity index (χ2v) is 11.4. The van der Waals surface area contributed by atoms with Crippen LogP contribution in [0.2, 0.25) is 0 Å². The Labute approximate surface area is 233 Å². The molecule has 11 heteroatoms. The van der Waals surface area contributed by atoms with Gasteiger partial charge in [-0.05, 0) is 44.0 Å². The Morgan fingerprint density at radius 3 is 2.58 bits per heavy atom. The number of fused-ring (bicyclic) bond motifs is 2. The van der Waals surface area contributed by atoms with Crippen LogP contribution in [-0.4, -0.2) is 44.7 Å². The Kier molecular flexibility index (Phi) is 6.30. The predicted octanol–water partition coefficient (Wildman–Crippen LogP) is 4.18. The lowest BCUT2D eigenvalue weighted by Crippen LogP contribution is -2.52. The largest absolute Gasteiger partial charge is 0.326 e. The van der Waals surface area contributed by atoms with E-state index in [9.17, 15) is 19.2 Å². The molecule has 0 spiro atoms. The third-order valence-corrected chi connectivity index (χ3v) is 8.42. The number of benzene rings is 2. The van der Waals surface area contributed by atoms with Gasteiger partial charge in [0.2, 0.25) is 11.8 Å². The molecule has 4 aromatic rings. The number of hydrogen-bond donors (Lipinski definition) is 3. The number of carbonyl (C=O) groups is 4. The first-order valence-corrected chi connectivity index (χ1v) is 13.7. The number of anilines is 1. The molecule has 0 aliphatic carbocycles. The van der Waals surface area contributed by atoms with Crippen molar-refractivity contribution in [1.29, 1.82) is 0 Å². The number of para-hydroxylation sites is 1. The van der Waals surface area contributed by atoms with Crippen molar-refractivity contribution in [3.8, 4) is 11.1 Å². The minimum Gasteiger partial charge on any atom is -0.326 e. The molecule has 6 rings (SSSR count). The zero-order valence-electron chi connectivity index (χ0n) is 21.9. The molecule has 2 aromatic heterocycles. The fourth-order valence-corrected chi connectivity index (χ4v) is 6.11. The van der Waals surface area contributed by atoms with Gasteiger partial charge in [0, 0.05) is 12.0 Å². The van der Waals surface area contributed by atoms with E-state index in [2.05, 4.69) is 20.9 Å². The number of rotatable bonds is 5. The fraction of sp³-hybridized carbons (Fsp3) is 0.241. The number of hydrogen-bond acceptors (Lipinski definition) is 7. The highest BCUT2D eigenvalue weighted by molar-refractivity contribution is 7.18. The summed E-state index contributed by atoms with van der Waals surface area (Å²) >= 11 is 1.53. The van der Waals surface area contributed by atoms with E-state index in [4.69, 9.17) is 4.98 Å². The van der Waals surface area contributed by atoms with Gasteiger partial charge in [0.25, 0.3) is 5.91 Å². The molecule has 1 atom stereocenters. The number of amides is 5. The van der Waals surface area contributed by atoms with E-state index in [1.165, 1.54) is 16.2 Å². The number of nitrogens with zero attached hydrogens (tertiary/aromatic N) is 3. The number of pyridine rings is 1. The van der Waals surface area contributed by atoms with Gasteiger partial charge in [-0.2, -0.15) is 0 Å². The molecule has 0 saturated carbocycles. The summed E-state index contributed by atoms with van der Waals surface area (Å²) in [5, 5.41) is 8.78. The zero-order chi connectivity index (χ0) is 28.0. The Morgan fingerprint density at radius 1 is 1.00 bits per heavy atom. The third kappa shape index (κ3) is 4.68. The summed E-state index contributed by atoms with van der Waals surface area (Å²) in [6, 6.07) is 18.1. The van der Waals surface area contributed by atoms with Crippen LogP contribution < -0.4 is 16.0 Å². The van der Waals surface area contributed by atoms with Crippen molar-refractivity contribution < 1.29 is 19.2 Å². The molecule has 202 valence electrons. The van der Waals surface area contributed by atoms with Crippen molar-refractivity contribution in [2.45, 2.75) is 44.8 Å². The summed E-state index contributed by atoms with van der Waals surface area (Å²) in [6.45, 7) is 3.90. The fourth-order valence-electron chi connectivity index (χ4n) is 5.06. The van der Waals surface area contributed by atoms with E-state index in [-0.39, 0.29) is 37.0 Å². The Balaban J connectivity index is 1.16. The minimum atomic E-state index is -0.781. The van der Waals surface area contributed by atoms with Crippen LogP contribution in [0.15, 0.2) is 60.7 Å². The van der Waals surface area contributed by atoms with E-state index < -0.39 is 23.5 Å². The molecule has 1 unspecified atom stereocenters. The Bertz CT molecular complexity index is 1680. The summed E-state index contributed by atoms with van der Waals surface area (Å²) in [7, 11) is 0. The van der Waals surface area contributed by atoms with Gasteiger partial charge in [-0.3, -0.25) is 25.0 Å². The number of piperidine rings is 1. The van der Waals surface area contributed by atoms with Gasteiger partial charge < -0.3 is 10.2 Å². The molecule has 5 amide bonds. The van der Waals surface area contributed by atoms with Crippen LogP contribution in [0.3, 0.4) is 0 Å². The van der Waals surface area contributed by atoms with Gasteiger partial charge in [0.1, 0.15) is 16.9 Å². The first-order chi connectivity index (χ1) is 19.2. The topological polar surface area (TPSA) is 133 Å². The lowest BCUT2D eigenvalue weighted by atomic mass is 10.0. The lowest BCUT2D eigenvalue weighted by Gasteiger charge is -2.29. The normalized spacial score (nSPS) is 17.1. The Morgan fingerprint density at radius 2 is 1.80 bits per heavy atom. The maximum absolute atomic E-state index is 13.0. The smallest absolute Gasteiger partial charge is 0.321 e. The second-order valence-electron chi connectivity index (χ2n) is 10.3. The number of thiazole rings is 1. The molecule has 10 nitrogen and oxygen atoms in total. The average molecular weight is 555 g/mol. The van der Waals surface area contributed by atoms with Crippen LogP contribution in [-0.2, 0) is 21.7 Å². The second kappa shape index (κ2) is 9.83. The number of imide groups is 1. The highest BCUT2D eigenvalue weighted by atomic mass is 32.1. The predicted molar refractivity (Wildman–Crippen MR) is 151 cm³/mol. The quantitative estimate of drug-likeness (QED) is 0.317. The van der Waals surface area contributed by atoms with E-state index in [0.29, 0.717) is 11.3 Å². The van der Waals surface area contributed by atoms with Gasteiger partial charge in [0.15, 0.2) is 0 Å². The van der Waals surface area contributed by atoms with Crippen LogP contribution in [0.4, 0.5) is 10.6 Å². The third-order valence-electron chi connectivity index (χ3n) is 7.08. The van der Waals surface area contributed by atoms with Gasteiger partial charge in [-0.25, -0.2) is 14.8 Å². The van der Waals surface area contributed by atoms with Crippen molar-refractivity contribution >= 4 is 51.1 Å². The van der Waals surface area contributed by atoms with E-state index >= 15 is 0 Å². The Hall–Kier alpha value is -4.64. The summed E-state index contributed by atoms with van der Waals surface area (Å²) in [6.07, 6.45) is 0.445. The molecular formula is C29H26N6O4S. The molecule has 1 saturated heterocycles. The van der Waals surface area contributed by atoms with Gasteiger partial charge in [-0.1, -0.05) is 42.5 Å². The van der Waals surface area contributed by atoms with Crippen LogP contribution >= 0.6 is 11.3 Å². The molecule has 3 N–H and O–H groups in total. The highest BCUT2D eigenvalue weighted by Crippen LogP contribution is 2.35. The van der Waals surface area contributed by atoms with Crippen molar-refractivity contribution in [1.82, 2.24) is 25.5 Å². The zero-order valence-corrected chi connectivity index (χ0v) is 22.7. The summed E-state index contributed by atoms with van der Waals surface area (Å²) in [5.74, 6) is -0.866. The number of nitrogens with one attached hydrogen (secondary N) is 3. The van der Waals surface area contributed by atoms with Crippen molar-refractivity contribution in [3.63, 3.8) is 0 Å². The molecule has 40 heavy (non-hydrogen) atoms. The summed E-state index contributed by atoms with van der Waals surface area (Å²) in [5.41, 5.74) is 3.05. The van der Waals surface area contributed by atoms with Crippen LogP contribution in [0, 0.1) is 0 Å². The van der Waals surface area contributed by atoms with Crippen LogP contribution in [0.5, 0.6) is 0 Å². The maximum Gasteiger partial charge on any atom is 0.321 e. The first-order valence-electron chi connectivity index (χ1n) is 12.9. The van der Waals surface area contributed by atoms with Crippen LogP contribution in [0.25, 0.3) is 21.3 Å². The number of urea groups is 1. The molecule has 4 heterocycles. The molecule has 2 aliphatic rings. The van der Waals surface area contributed by atoms with Gasteiger partial charge in [-0.15, -0.1) is 11.3 Å². The van der Waals surface area contributed by atoms with E-state index in [0.717, 1.165) is 26.4 Å². The molecule has 2 aliphatic heterocycles. The number of aromatic nitrogens is 2. The number of carbonyl (C=O) groups excluding carboxylic acids is 4. The van der Waals surface area contributed by atoms with Gasteiger partial charge >= 0.3 is 6.03 Å². The monoisotopic (exact) mass is 554 g/mol. The molecule has 0 radical (unpaired) electrons. The molecule has 0 bridgehead atoms. The van der Waals surface area contributed by atoms with Crippen molar-refractivity contribution in [2.24, 2.45) is 0 Å². The lowest BCUT2D eigenvalue weighted by molar-refractivity contribution is -0.136. The molecule has 2 aromatic carbocycles. The van der Waals surface area contributed by atoms with Crippen LogP contribution in [0.1, 0.15) is 47.7 Å². The van der Waals surface area contributed by atoms with E-state index in [1.807, 2.05) is 62.4 Å². The summed E-state index contributed by atoms with van der Waals surface area (Å²) < 4.78 is 1.03. The van der Waals surface area contributed by atoms with E-state index in [1.54, 1.807) is 12.1 Å².